The summed E-state index contributed by atoms with van der Waals surface area (Å²) >= 11 is 7.80. The average Bonchev–Trinajstić information content (AvgIpc) is 2.41. The number of aliphatic hydroxyl groups is 1. The van der Waals surface area contributed by atoms with E-state index in [1.54, 1.807) is 31.9 Å². The van der Waals surface area contributed by atoms with E-state index in [0.29, 0.717) is 5.02 Å². The fourth-order valence-electron chi connectivity index (χ4n) is 1.65. The molecule has 0 radical (unpaired) electrons. The summed E-state index contributed by atoms with van der Waals surface area (Å²) in [6.07, 6.45) is -0.506. The normalized spacial score (nSPS) is 12.2. The van der Waals surface area contributed by atoms with Crippen molar-refractivity contribution in [2.45, 2.75) is 22.8 Å². The number of ether oxygens (including phenoxy) is 1. The Morgan fingerprint density at radius 3 is 2.63 bits per heavy atom. The van der Waals surface area contributed by atoms with Gasteiger partial charge in [0.2, 0.25) is 0 Å². The van der Waals surface area contributed by atoms with Gasteiger partial charge in [0, 0.05) is 9.79 Å². The quantitative estimate of drug-likeness (QED) is 0.897. The summed E-state index contributed by atoms with van der Waals surface area (Å²) in [7, 11) is 1.65. The summed E-state index contributed by atoms with van der Waals surface area (Å²) in [6, 6.07) is 13.4. The van der Waals surface area contributed by atoms with Gasteiger partial charge < -0.3 is 9.84 Å². The molecule has 0 heterocycles. The second-order valence-electron chi connectivity index (χ2n) is 4.15. The topological polar surface area (TPSA) is 29.5 Å². The third kappa shape index (κ3) is 3.66. The molecule has 19 heavy (non-hydrogen) atoms. The zero-order valence-electron chi connectivity index (χ0n) is 10.8. The van der Waals surface area contributed by atoms with Crippen molar-refractivity contribution in [2.24, 2.45) is 0 Å². The van der Waals surface area contributed by atoms with Crippen molar-refractivity contribution in [3.05, 3.63) is 53.1 Å². The van der Waals surface area contributed by atoms with Crippen LogP contribution >= 0.6 is 23.4 Å². The highest BCUT2D eigenvalue weighted by Gasteiger charge is 2.07. The summed E-state index contributed by atoms with van der Waals surface area (Å²) in [6.45, 7) is 1.72. The van der Waals surface area contributed by atoms with Crippen molar-refractivity contribution in [3.8, 4) is 5.75 Å². The molecule has 0 saturated carbocycles. The molecule has 1 atom stereocenters. The number of halogens is 1. The summed E-state index contributed by atoms with van der Waals surface area (Å²) < 4.78 is 5.19. The van der Waals surface area contributed by atoms with Gasteiger partial charge in [0.15, 0.2) is 0 Å². The predicted octanol–water partition coefficient (Wildman–Crippen LogP) is 4.55. The Morgan fingerprint density at radius 2 is 2.00 bits per heavy atom. The van der Waals surface area contributed by atoms with E-state index >= 15 is 0 Å². The lowest BCUT2D eigenvalue weighted by Crippen LogP contribution is -1.90. The molecule has 2 rings (SSSR count). The van der Waals surface area contributed by atoms with Crippen molar-refractivity contribution in [3.63, 3.8) is 0 Å². The molecule has 0 aliphatic rings. The van der Waals surface area contributed by atoms with E-state index in [1.165, 1.54) is 0 Å². The summed E-state index contributed by atoms with van der Waals surface area (Å²) in [5, 5.41) is 10.2. The number of hydrogen-bond donors (Lipinski definition) is 1. The molecule has 0 spiro atoms. The van der Waals surface area contributed by atoms with E-state index in [-0.39, 0.29) is 0 Å². The van der Waals surface area contributed by atoms with Gasteiger partial charge in [-0.1, -0.05) is 35.5 Å². The number of benzene rings is 2. The molecular formula is C15H15ClO2S. The maximum atomic E-state index is 9.52. The maximum Gasteiger partial charge on any atom is 0.119 e. The summed E-state index contributed by atoms with van der Waals surface area (Å²) in [5.41, 5.74) is 0.819. The molecule has 2 aromatic rings. The molecule has 1 unspecified atom stereocenters. The first-order chi connectivity index (χ1) is 9.10. The largest absolute Gasteiger partial charge is 0.497 e. The van der Waals surface area contributed by atoms with Gasteiger partial charge in [-0.05, 0) is 42.8 Å². The predicted molar refractivity (Wildman–Crippen MR) is 79.2 cm³/mol. The minimum atomic E-state index is -0.506. The van der Waals surface area contributed by atoms with Gasteiger partial charge in [-0.25, -0.2) is 0 Å². The van der Waals surface area contributed by atoms with E-state index < -0.39 is 6.10 Å². The monoisotopic (exact) mass is 294 g/mol. The molecule has 0 fully saturated rings. The van der Waals surface area contributed by atoms with Crippen LogP contribution in [0.4, 0.5) is 0 Å². The first-order valence-corrected chi connectivity index (χ1v) is 7.09. The van der Waals surface area contributed by atoms with Crippen LogP contribution in [0.1, 0.15) is 18.6 Å². The second-order valence-corrected chi connectivity index (χ2v) is 5.67. The van der Waals surface area contributed by atoms with E-state index in [4.69, 9.17) is 16.3 Å². The molecule has 100 valence electrons. The standard InChI is InChI=1S/C15H15ClO2S/c1-10(17)11-6-7-15(14(16)8-11)19-13-5-3-4-12(9-13)18-2/h3-10,17H,1-2H3. The highest BCUT2D eigenvalue weighted by atomic mass is 35.5. The van der Waals surface area contributed by atoms with Crippen molar-refractivity contribution >= 4 is 23.4 Å². The van der Waals surface area contributed by atoms with Gasteiger partial charge in [-0.15, -0.1) is 0 Å². The SMILES string of the molecule is COc1cccc(Sc2ccc(C(C)O)cc2Cl)c1. The van der Waals surface area contributed by atoms with Gasteiger partial charge >= 0.3 is 0 Å². The minimum absolute atomic E-state index is 0.506. The van der Waals surface area contributed by atoms with Crippen LogP contribution in [0.25, 0.3) is 0 Å². The molecule has 2 aromatic carbocycles. The highest BCUT2D eigenvalue weighted by Crippen LogP contribution is 2.35. The Hall–Kier alpha value is -1.16. The van der Waals surface area contributed by atoms with Crippen LogP contribution in [-0.2, 0) is 0 Å². The van der Waals surface area contributed by atoms with Crippen molar-refractivity contribution in [1.29, 1.82) is 0 Å². The van der Waals surface area contributed by atoms with E-state index in [9.17, 15) is 5.11 Å². The van der Waals surface area contributed by atoms with Crippen LogP contribution in [0.2, 0.25) is 5.02 Å². The first-order valence-electron chi connectivity index (χ1n) is 5.89. The van der Waals surface area contributed by atoms with Crippen LogP contribution in [0.15, 0.2) is 52.3 Å². The zero-order chi connectivity index (χ0) is 13.8. The van der Waals surface area contributed by atoms with E-state index in [0.717, 1.165) is 21.1 Å². The van der Waals surface area contributed by atoms with Gasteiger partial charge in [-0.2, -0.15) is 0 Å². The molecule has 0 aromatic heterocycles. The summed E-state index contributed by atoms with van der Waals surface area (Å²) in [5.74, 6) is 0.821. The van der Waals surface area contributed by atoms with Crippen LogP contribution in [0.3, 0.4) is 0 Å². The number of methoxy groups -OCH3 is 1. The lowest BCUT2D eigenvalue weighted by Gasteiger charge is -2.09. The third-order valence-electron chi connectivity index (χ3n) is 2.71. The van der Waals surface area contributed by atoms with Gasteiger partial charge in [0.25, 0.3) is 0 Å². The Labute approximate surface area is 122 Å². The second kappa shape index (κ2) is 6.33. The fourth-order valence-corrected chi connectivity index (χ4v) is 2.82. The summed E-state index contributed by atoms with van der Waals surface area (Å²) in [4.78, 5) is 2.02. The van der Waals surface area contributed by atoms with Crippen molar-refractivity contribution < 1.29 is 9.84 Å². The number of hydrogen-bond acceptors (Lipinski definition) is 3. The third-order valence-corrected chi connectivity index (χ3v) is 4.20. The van der Waals surface area contributed by atoms with Crippen LogP contribution in [0.5, 0.6) is 5.75 Å². The van der Waals surface area contributed by atoms with E-state index in [2.05, 4.69) is 0 Å². The minimum Gasteiger partial charge on any atom is -0.497 e. The molecule has 0 aliphatic carbocycles. The van der Waals surface area contributed by atoms with Crippen molar-refractivity contribution in [1.82, 2.24) is 0 Å². The van der Waals surface area contributed by atoms with Gasteiger partial charge in [-0.3, -0.25) is 0 Å². The first kappa shape index (κ1) is 14.3. The lowest BCUT2D eigenvalue weighted by molar-refractivity contribution is 0.199. The molecule has 0 aliphatic heterocycles. The maximum absolute atomic E-state index is 9.52. The molecule has 0 amide bonds. The zero-order valence-corrected chi connectivity index (χ0v) is 12.3. The molecule has 2 nitrogen and oxygen atoms in total. The van der Waals surface area contributed by atoms with Crippen LogP contribution in [-0.4, -0.2) is 12.2 Å². The molecule has 0 saturated heterocycles. The van der Waals surface area contributed by atoms with E-state index in [1.807, 2.05) is 36.4 Å². The highest BCUT2D eigenvalue weighted by molar-refractivity contribution is 7.99. The Balaban J connectivity index is 2.23. The fraction of sp³-hybridized carbons (Fsp3) is 0.200. The van der Waals surface area contributed by atoms with Crippen LogP contribution in [0, 0.1) is 0 Å². The van der Waals surface area contributed by atoms with Gasteiger partial charge in [0.05, 0.1) is 18.2 Å². The Morgan fingerprint density at radius 1 is 1.21 bits per heavy atom. The molecule has 0 bridgehead atoms. The lowest BCUT2D eigenvalue weighted by atomic mass is 10.1. The molecule has 1 N–H and O–H groups in total. The molecule has 4 heteroatoms. The van der Waals surface area contributed by atoms with Crippen LogP contribution < -0.4 is 4.74 Å². The number of aliphatic hydroxyl groups excluding tert-OH is 1. The van der Waals surface area contributed by atoms with Crippen molar-refractivity contribution in [2.75, 3.05) is 7.11 Å². The number of rotatable bonds is 4. The Kier molecular flexibility index (Phi) is 4.75. The average molecular weight is 295 g/mol. The van der Waals surface area contributed by atoms with Gasteiger partial charge in [0.1, 0.15) is 5.75 Å². The Bertz CT molecular complexity index is 570. The molecular weight excluding hydrogens is 280 g/mol. The smallest absolute Gasteiger partial charge is 0.119 e.